The molecule has 0 spiro atoms. The lowest BCUT2D eigenvalue weighted by Gasteiger charge is -2.19. The molecule has 1 aromatic carbocycles. The summed E-state index contributed by atoms with van der Waals surface area (Å²) in [5.41, 5.74) is 7.69. The molecule has 2 aromatic rings. The zero-order valence-electron chi connectivity index (χ0n) is 22.1. The molecule has 206 valence electrons. The highest BCUT2D eigenvalue weighted by Crippen LogP contribution is 2.27. The lowest BCUT2D eigenvalue weighted by atomic mass is 9.94. The van der Waals surface area contributed by atoms with E-state index < -0.39 is 29.8 Å². The van der Waals surface area contributed by atoms with Gasteiger partial charge in [-0.25, -0.2) is 4.98 Å². The van der Waals surface area contributed by atoms with Crippen molar-refractivity contribution in [1.29, 1.82) is 0 Å². The zero-order chi connectivity index (χ0) is 27.8. The number of carbonyl (C=O) groups excluding carboxylic acids is 4. The SMILES string of the molecule is C[C@@H]1CC(=O)[C@H](C)NC(=O)[C@H](C)CC(=O)[C@@H](N)Cc2ccc(O)c(c2)Cc2cnc(s2)NCCCNC1=O. The number of rotatable bonds is 0. The van der Waals surface area contributed by atoms with Gasteiger partial charge in [0.2, 0.25) is 11.8 Å². The van der Waals surface area contributed by atoms with Crippen molar-refractivity contribution in [2.45, 2.75) is 65.0 Å². The van der Waals surface area contributed by atoms with Gasteiger partial charge in [0.05, 0.1) is 12.1 Å². The molecule has 2 heterocycles. The summed E-state index contributed by atoms with van der Waals surface area (Å²) >= 11 is 1.48. The smallest absolute Gasteiger partial charge is 0.223 e. The Kier molecular flexibility index (Phi) is 10.4. The minimum Gasteiger partial charge on any atom is -0.508 e. The van der Waals surface area contributed by atoms with Gasteiger partial charge in [-0.2, -0.15) is 0 Å². The Balaban J connectivity index is 1.76. The number of phenolic OH excluding ortho intramolecular Hbond substituents is 1. The Morgan fingerprint density at radius 1 is 0.947 bits per heavy atom. The zero-order valence-corrected chi connectivity index (χ0v) is 22.9. The molecule has 0 saturated carbocycles. The lowest BCUT2D eigenvalue weighted by Crippen LogP contribution is -2.44. The second-order valence-corrected chi connectivity index (χ2v) is 11.1. The quantitative estimate of drug-likeness (QED) is 0.336. The molecule has 0 aliphatic carbocycles. The van der Waals surface area contributed by atoms with E-state index >= 15 is 0 Å². The third-order valence-electron chi connectivity index (χ3n) is 6.61. The van der Waals surface area contributed by atoms with Crippen LogP contribution in [0.5, 0.6) is 5.75 Å². The molecular weight excluding hydrogens is 506 g/mol. The first-order chi connectivity index (χ1) is 18.0. The normalized spacial score (nSPS) is 25.1. The number of carbonyl (C=O) groups is 4. The van der Waals surface area contributed by atoms with Crippen LogP contribution in [-0.4, -0.2) is 58.6 Å². The summed E-state index contributed by atoms with van der Waals surface area (Å²) in [7, 11) is 0. The maximum Gasteiger partial charge on any atom is 0.223 e. The van der Waals surface area contributed by atoms with Crippen LogP contribution in [0.1, 0.15) is 56.0 Å². The van der Waals surface area contributed by atoms with E-state index in [4.69, 9.17) is 5.73 Å². The number of nitrogens with two attached hydrogens (primary N) is 1. The number of fused-ring (bicyclic) bond motifs is 4. The molecule has 4 atom stereocenters. The van der Waals surface area contributed by atoms with Gasteiger partial charge in [0.1, 0.15) is 5.75 Å². The highest BCUT2D eigenvalue weighted by atomic mass is 32.1. The fourth-order valence-electron chi connectivity index (χ4n) is 4.16. The number of ketones is 2. The summed E-state index contributed by atoms with van der Waals surface area (Å²) in [6, 6.07) is 3.57. The molecular formula is C27H37N5O5S. The summed E-state index contributed by atoms with van der Waals surface area (Å²) in [6.45, 7) is 5.93. The molecule has 1 aliphatic heterocycles. The van der Waals surface area contributed by atoms with Crippen LogP contribution in [0.15, 0.2) is 24.4 Å². The van der Waals surface area contributed by atoms with Crippen molar-refractivity contribution in [3.63, 3.8) is 0 Å². The van der Waals surface area contributed by atoms with Gasteiger partial charge >= 0.3 is 0 Å². The number of hydrogen-bond acceptors (Lipinski definition) is 9. The minimum atomic E-state index is -0.814. The van der Waals surface area contributed by atoms with E-state index in [1.54, 1.807) is 39.1 Å². The highest BCUT2D eigenvalue weighted by Gasteiger charge is 2.26. The number of phenols is 1. The summed E-state index contributed by atoms with van der Waals surface area (Å²) in [5.74, 6) is -2.21. The molecule has 11 heteroatoms. The van der Waals surface area contributed by atoms with Crippen molar-refractivity contribution >= 4 is 39.8 Å². The van der Waals surface area contributed by atoms with Crippen molar-refractivity contribution in [2.24, 2.45) is 17.6 Å². The van der Waals surface area contributed by atoms with Gasteiger partial charge in [-0.15, -0.1) is 11.3 Å². The monoisotopic (exact) mass is 543 g/mol. The number of nitrogens with one attached hydrogen (secondary N) is 3. The van der Waals surface area contributed by atoms with E-state index in [-0.39, 0.29) is 42.5 Å². The molecule has 0 saturated heterocycles. The second-order valence-electron chi connectivity index (χ2n) is 10.0. The molecule has 4 bridgehead atoms. The Morgan fingerprint density at radius 2 is 1.63 bits per heavy atom. The Morgan fingerprint density at radius 3 is 2.39 bits per heavy atom. The number of benzene rings is 1. The number of aromatic hydroxyl groups is 1. The summed E-state index contributed by atoms with van der Waals surface area (Å²) in [6.07, 6.45) is 3.11. The number of Topliss-reactive ketones (excluding diaryl/α,β-unsaturated/α-hetero) is 2. The first kappa shape index (κ1) is 29.2. The molecule has 0 radical (unpaired) electrons. The molecule has 6 N–H and O–H groups in total. The van der Waals surface area contributed by atoms with E-state index in [1.807, 2.05) is 6.07 Å². The maximum atomic E-state index is 12.8. The first-order valence-corrected chi connectivity index (χ1v) is 13.7. The van der Waals surface area contributed by atoms with Crippen LogP contribution >= 0.6 is 11.3 Å². The number of aromatic nitrogens is 1. The predicted octanol–water partition coefficient (Wildman–Crippen LogP) is 1.94. The Labute approximate surface area is 226 Å². The molecule has 0 unspecified atom stereocenters. The van der Waals surface area contributed by atoms with Crippen molar-refractivity contribution in [3.05, 3.63) is 40.4 Å². The number of hydrogen-bond donors (Lipinski definition) is 5. The summed E-state index contributed by atoms with van der Waals surface area (Å²) in [5, 5.41) is 19.9. The standard InChI is InChI=1S/C27H37N5O5S/c1-15-9-23(34)17(3)32-26(37)16(2)10-24(35)21(28)12-18-5-6-22(33)19(11-18)13-20-14-31-27(38-20)30-8-4-7-29-25(15)36/h5-6,11,14-17,21,33H,4,7-10,12-13,28H2,1-3H3,(H,29,36)(H,30,31)(H,32,37)/t15-,16-,17+,21+/m1/s1. The van der Waals surface area contributed by atoms with Gasteiger partial charge in [-0.1, -0.05) is 26.0 Å². The molecule has 1 aliphatic rings. The predicted molar refractivity (Wildman–Crippen MR) is 146 cm³/mol. The van der Waals surface area contributed by atoms with Crippen LogP contribution in [0.2, 0.25) is 0 Å². The van der Waals surface area contributed by atoms with Gasteiger partial charge < -0.3 is 26.8 Å². The van der Waals surface area contributed by atoms with Crippen molar-refractivity contribution < 1.29 is 24.3 Å². The fraction of sp³-hybridized carbons (Fsp3) is 0.519. The van der Waals surface area contributed by atoms with Crippen molar-refractivity contribution in [2.75, 3.05) is 18.4 Å². The van der Waals surface area contributed by atoms with Gasteiger partial charge in [0.15, 0.2) is 16.7 Å². The minimum absolute atomic E-state index is 0.000224. The largest absolute Gasteiger partial charge is 0.508 e. The van der Waals surface area contributed by atoms with E-state index in [2.05, 4.69) is 20.9 Å². The third kappa shape index (κ3) is 8.35. The fourth-order valence-corrected chi connectivity index (χ4v) is 5.02. The first-order valence-electron chi connectivity index (χ1n) is 12.9. The van der Waals surface area contributed by atoms with E-state index in [1.165, 1.54) is 11.3 Å². The average molecular weight is 544 g/mol. The number of anilines is 1. The molecule has 2 amide bonds. The van der Waals surface area contributed by atoms with Crippen LogP contribution in [0.4, 0.5) is 5.13 Å². The number of amides is 2. The third-order valence-corrected chi connectivity index (χ3v) is 7.57. The van der Waals surface area contributed by atoms with Crippen molar-refractivity contribution in [3.8, 4) is 5.75 Å². The highest BCUT2D eigenvalue weighted by molar-refractivity contribution is 7.15. The van der Waals surface area contributed by atoms with Crippen LogP contribution in [0, 0.1) is 11.8 Å². The summed E-state index contributed by atoms with van der Waals surface area (Å²) in [4.78, 5) is 55.8. The topological polar surface area (TPSA) is 164 Å². The molecule has 0 fully saturated rings. The number of nitrogens with zero attached hydrogens (tertiary/aromatic N) is 1. The van der Waals surface area contributed by atoms with Crippen molar-refractivity contribution in [1.82, 2.24) is 15.6 Å². The van der Waals surface area contributed by atoms with Gasteiger partial charge in [-0.3, -0.25) is 19.2 Å². The molecule has 10 nitrogen and oxygen atoms in total. The van der Waals surface area contributed by atoms with Crippen LogP contribution in [0.25, 0.3) is 0 Å². The van der Waals surface area contributed by atoms with Gasteiger partial charge in [0, 0.05) is 55.3 Å². The van der Waals surface area contributed by atoms with E-state index in [0.29, 0.717) is 31.5 Å². The van der Waals surface area contributed by atoms with E-state index in [0.717, 1.165) is 15.6 Å². The van der Waals surface area contributed by atoms with E-state index in [9.17, 15) is 24.3 Å². The Hall–Kier alpha value is -3.31. The summed E-state index contributed by atoms with van der Waals surface area (Å²) < 4.78 is 0. The van der Waals surface area contributed by atoms with Crippen LogP contribution in [-0.2, 0) is 32.0 Å². The van der Waals surface area contributed by atoms with Crippen LogP contribution < -0.4 is 21.7 Å². The molecule has 38 heavy (non-hydrogen) atoms. The number of thiazole rings is 1. The Bertz CT molecular complexity index is 1170. The van der Waals surface area contributed by atoms with Gasteiger partial charge in [0.25, 0.3) is 0 Å². The van der Waals surface area contributed by atoms with Gasteiger partial charge in [-0.05, 0) is 37.0 Å². The van der Waals surface area contributed by atoms with Crippen LogP contribution in [0.3, 0.4) is 0 Å². The molecule has 1 aromatic heterocycles. The lowest BCUT2D eigenvalue weighted by molar-refractivity contribution is -0.133. The average Bonchev–Trinajstić information content (AvgIpc) is 3.31. The maximum absolute atomic E-state index is 12.8. The molecule has 3 rings (SSSR count). The second kappa shape index (κ2) is 13.5.